The second kappa shape index (κ2) is 4.63. The molecule has 17 heavy (non-hydrogen) atoms. The number of halogens is 1. The minimum absolute atomic E-state index is 0.651. The van der Waals surface area contributed by atoms with Gasteiger partial charge in [-0.1, -0.05) is 6.07 Å². The molecule has 1 saturated heterocycles. The van der Waals surface area contributed by atoms with Gasteiger partial charge in [0.15, 0.2) is 0 Å². The summed E-state index contributed by atoms with van der Waals surface area (Å²) in [5, 5.41) is 7.65. The molecule has 1 fully saturated rings. The molecule has 1 unspecified atom stereocenters. The highest BCUT2D eigenvalue weighted by Gasteiger charge is 2.17. The van der Waals surface area contributed by atoms with Crippen LogP contribution in [0.5, 0.6) is 0 Å². The number of nitrogens with zero attached hydrogens (tertiary/aromatic N) is 2. The fraction of sp³-hybridized carbons (Fsp3) is 0.308. The maximum Gasteiger partial charge on any atom is 0.0787 e. The van der Waals surface area contributed by atoms with Crippen molar-refractivity contribution in [1.29, 1.82) is 0 Å². The van der Waals surface area contributed by atoms with Crippen molar-refractivity contribution in [3.05, 3.63) is 46.7 Å². The van der Waals surface area contributed by atoms with Gasteiger partial charge < -0.3 is 5.32 Å². The van der Waals surface area contributed by atoms with E-state index in [2.05, 4.69) is 44.5 Å². The van der Waals surface area contributed by atoms with Crippen LogP contribution in [0.2, 0.25) is 0 Å². The summed E-state index contributed by atoms with van der Waals surface area (Å²) < 4.78 is 2.98. The lowest BCUT2D eigenvalue weighted by atomic mass is 9.98. The molecule has 1 atom stereocenters. The first-order valence-electron chi connectivity index (χ1n) is 5.85. The molecule has 1 aliphatic heterocycles. The summed E-state index contributed by atoms with van der Waals surface area (Å²) in [6, 6.07) is 8.49. The van der Waals surface area contributed by atoms with E-state index in [-0.39, 0.29) is 0 Å². The molecule has 88 valence electrons. The molecule has 1 aliphatic rings. The molecule has 0 spiro atoms. The highest BCUT2D eigenvalue weighted by molar-refractivity contribution is 9.10. The lowest BCUT2D eigenvalue weighted by Gasteiger charge is -2.11. The first-order valence-corrected chi connectivity index (χ1v) is 6.64. The Hall–Kier alpha value is -1.13. The molecule has 0 saturated carbocycles. The number of benzene rings is 1. The van der Waals surface area contributed by atoms with Crippen molar-refractivity contribution in [2.24, 2.45) is 0 Å². The van der Waals surface area contributed by atoms with E-state index in [4.69, 9.17) is 0 Å². The van der Waals surface area contributed by atoms with Gasteiger partial charge in [0, 0.05) is 23.4 Å². The molecule has 3 nitrogen and oxygen atoms in total. The van der Waals surface area contributed by atoms with Crippen LogP contribution >= 0.6 is 15.9 Å². The molecule has 2 heterocycles. The van der Waals surface area contributed by atoms with E-state index in [9.17, 15) is 0 Å². The Morgan fingerprint density at radius 3 is 3.00 bits per heavy atom. The standard InChI is InChI=1S/C13H14BrN3/c14-12-8-10(11-4-6-15-9-11)2-3-13(12)17-7-1-5-16-17/h1-3,5,7-8,11,15H,4,6,9H2. The van der Waals surface area contributed by atoms with Crippen molar-refractivity contribution in [3.8, 4) is 5.69 Å². The smallest absolute Gasteiger partial charge is 0.0787 e. The lowest BCUT2D eigenvalue weighted by molar-refractivity contribution is 0.761. The molecule has 4 heteroatoms. The number of hydrogen-bond acceptors (Lipinski definition) is 2. The van der Waals surface area contributed by atoms with Crippen LogP contribution in [0.25, 0.3) is 5.69 Å². The summed E-state index contributed by atoms with van der Waals surface area (Å²) in [6.45, 7) is 2.22. The van der Waals surface area contributed by atoms with Gasteiger partial charge in [-0.25, -0.2) is 4.68 Å². The molecule has 0 amide bonds. The van der Waals surface area contributed by atoms with Gasteiger partial charge >= 0.3 is 0 Å². The van der Waals surface area contributed by atoms with E-state index >= 15 is 0 Å². The van der Waals surface area contributed by atoms with Crippen LogP contribution in [0.15, 0.2) is 41.1 Å². The van der Waals surface area contributed by atoms with E-state index in [1.54, 1.807) is 6.20 Å². The zero-order valence-corrected chi connectivity index (χ0v) is 11.0. The second-order valence-corrected chi connectivity index (χ2v) is 5.21. The van der Waals surface area contributed by atoms with Gasteiger partial charge in [0.2, 0.25) is 0 Å². The van der Waals surface area contributed by atoms with Crippen LogP contribution < -0.4 is 5.32 Å². The Kier molecular flexibility index (Phi) is 2.99. The fourth-order valence-corrected chi connectivity index (χ4v) is 2.89. The van der Waals surface area contributed by atoms with Crippen LogP contribution in [0.1, 0.15) is 17.9 Å². The Bertz CT molecular complexity index is 501. The number of aromatic nitrogens is 2. The van der Waals surface area contributed by atoms with Crippen LogP contribution in [0.3, 0.4) is 0 Å². The van der Waals surface area contributed by atoms with E-state index in [1.807, 2.05) is 16.9 Å². The normalized spacial score (nSPS) is 19.7. The predicted molar refractivity (Wildman–Crippen MR) is 71.5 cm³/mol. The molecule has 0 bridgehead atoms. The van der Waals surface area contributed by atoms with Crippen LogP contribution in [-0.2, 0) is 0 Å². The minimum atomic E-state index is 0.651. The third kappa shape index (κ3) is 2.15. The molecule has 0 aliphatic carbocycles. The first-order chi connectivity index (χ1) is 8.34. The molecular weight excluding hydrogens is 278 g/mol. The Morgan fingerprint density at radius 2 is 2.35 bits per heavy atom. The maximum atomic E-state index is 4.25. The van der Waals surface area contributed by atoms with E-state index < -0.39 is 0 Å². The van der Waals surface area contributed by atoms with Gasteiger partial charge in [0.25, 0.3) is 0 Å². The summed E-state index contributed by atoms with van der Waals surface area (Å²) in [7, 11) is 0. The number of hydrogen-bond donors (Lipinski definition) is 1. The van der Waals surface area contributed by atoms with Crippen LogP contribution in [0.4, 0.5) is 0 Å². The molecule has 2 aromatic rings. The average molecular weight is 292 g/mol. The van der Waals surface area contributed by atoms with Gasteiger partial charge in [0.1, 0.15) is 0 Å². The topological polar surface area (TPSA) is 29.9 Å². The summed E-state index contributed by atoms with van der Waals surface area (Å²) in [5.41, 5.74) is 2.49. The van der Waals surface area contributed by atoms with Crippen molar-refractivity contribution in [3.63, 3.8) is 0 Å². The van der Waals surface area contributed by atoms with Crippen molar-refractivity contribution in [1.82, 2.24) is 15.1 Å². The fourth-order valence-electron chi connectivity index (χ4n) is 2.31. The van der Waals surface area contributed by atoms with Gasteiger partial charge in [-0.15, -0.1) is 0 Å². The molecule has 3 rings (SSSR count). The highest BCUT2D eigenvalue weighted by Crippen LogP contribution is 2.28. The Morgan fingerprint density at radius 1 is 1.41 bits per heavy atom. The number of nitrogens with one attached hydrogen (secondary N) is 1. The highest BCUT2D eigenvalue weighted by atomic mass is 79.9. The third-order valence-electron chi connectivity index (χ3n) is 3.25. The largest absolute Gasteiger partial charge is 0.316 e. The first kappa shape index (κ1) is 11.0. The molecule has 1 aromatic heterocycles. The third-order valence-corrected chi connectivity index (χ3v) is 3.89. The zero-order valence-electron chi connectivity index (χ0n) is 9.44. The maximum absolute atomic E-state index is 4.25. The quantitative estimate of drug-likeness (QED) is 0.922. The zero-order chi connectivity index (χ0) is 11.7. The van der Waals surface area contributed by atoms with Crippen LogP contribution in [0, 0.1) is 0 Å². The lowest BCUT2D eigenvalue weighted by Crippen LogP contribution is -2.08. The summed E-state index contributed by atoms with van der Waals surface area (Å²) >= 11 is 3.63. The molecule has 0 radical (unpaired) electrons. The molecule has 1 aromatic carbocycles. The Balaban J connectivity index is 1.94. The van der Waals surface area contributed by atoms with Crippen molar-refractivity contribution < 1.29 is 0 Å². The van der Waals surface area contributed by atoms with E-state index in [0.717, 1.165) is 23.2 Å². The molecular formula is C13H14BrN3. The van der Waals surface area contributed by atoms with Gasteiger partial charge in [-0.3, -0.25) is 0 Å². The van der Waals surface area contributed by atoms with Gasteiger partial charge in [-0.05, 0) is 58.6 Å². The van der Waals surface area contributed by atoms with Crippen molar-refractivity contribution in [2.45, 2.75) is 12.3 Å². The van der Waals surface area contributed by atoms with Gasteiger partial charge in [-0.2, -0.15) is 5.10 Å². The van der Waals surface area contributed by atoms with Crippen molar-refractivity contribution in [2.75, 3.05) is 13.1 Å². The average Bonchev–Trinajstić information content (AvgIpc) is 3.02. The summed E-state index contributed by atoms with van der Waals surface area (Å²) in [5.74, 6) is 0.651. The summed E-state index contributed by atoms with van der Waals surface area (Å²) in [6.07, 6.45) is 4.98. The monoisotopic (exact) mass is 291 g/mol. The van der Waals surface area contributed by atoms with E-state index in [1.165, 1.54) is 12.0 Å². The van der Waals surface area contributed by atoms with E-state index in [0.29, 0.717) is 5.92 Å². The second-order valence-electron chi connectivity index (χ2n) is 4.35. The SMILES string of the molecule is Brc1cc(C2CCNC2)ccc1-n1cccn1. The molecule has 1 N–H and O–H groups in total. The number of rotatable bonds is 2. The van der Waals surface area contributed by atoms with Crippen molar-refractivity contribution >= 4 is 15.9 Å². The van der Waals surface area contributed by atoms with Gasteiger partial charge in [0.05, 0.1) is 5.69 Å². The Labute approximate surface area is 109 Å². The predicted octanol–water partition coefficient (Wildman–Crippen LogP) is 2.71. The summed E-state index contributed by atoms with van der Waals surface area (Å²) in [4.78, 5) is 0. The minimum Gasteiger partial charge on any atom is -0.316 e. The van der Waals surface area contributed by atoms with Crippen LogP contribution in [-0.4, -0.2) is 22.9 Å².